The van der Waals surface area contributed by atoms with E-state index in [9.17, 15) is 18.0 Å². The average molecular weight is 392 g/mol. The zero-order valence-electron chi connectivity index (χ0n) is 12.0. The van der Waals surface area contributed by atoms with Crippen molar-refractivity contribution in [2.75, 3.05) is 10.7 Å². The van der Waals surface area contributed by atoms with E-state index in [1.54, 1.807) is 18.2 Å². The molecule has 0 radical (unpaired) electrons. The van der Waals surface area contributed by atoms with E-state index in [-0.39, 0.29) is 17.3 Å². The third-order valence-corrected chi connectivity index (χ3v) is 5.40. The Hall–Kier alpha value is -1.37. The van der Waals surface area contributed by atoms with E-state index < -0.39 is 17.1 Å². The number of benzene rings is 2. The SMILES string of the molecule is O=C1CSC(c2c(Cl)cccc2Cl)N1c1cccc(C(F)(F)F)c1. The highest BCUT2D eigenvalue weighted by Gasteiger charge is 2.38. The molecule has 1 atom stereocenters. The Labute approximate surface area is 150 Å². The van der Waals surface area contributed by atoms with Gasteiger partial charge < -0.3 is 0 Å². The lowest BCUT2D eigenvalue weighted by atomic mass is 10.1. The second-order valence-electron chi connectivity index (χ2n) is 5.11. The summed E-state index contributed by atoms with van der Waals surface area (Å²) >= 11 is 13.7. The van der Waals surface area contributed by atoms with Gasteiger partial charge in [-0.2, -0.15) is 13.2 Å². The molecule has 1 amide bonds. The molecule has 1 saturated heterocycles. The fraction of sp³-hybridized carbons (Fsp3) is 0.188. The molecule has 24 heavy (non-hydrogen) atoms. The summed E-state index contributed by atoms with van der Waals surface area (Å²) in [5, 5.41) is 0.167. The molecule has 1 aliphatic heterocycles. The van der Waals surface area contributed by atoms with E-state index in [1.807, 2.05) is 0 Å². The number of carbonyl (C=O) groups excluding carboxylic acids is 1. The minimum atomic E-state index is -4.48. The molecule has 0 bridgehead atoms. The molecule has 126 valence electrons. The summed E-state index contributed by atoms with van der Waals surface area (Å²) in [5.74, 6) is -0.150. The maximum atomic E-state index is 12.9. The van der Waals surface area contributed by atoms with Crippen LogP contribution in [0, 0.1) is 0 Å². The third-order valence-electron chi connectivity index (χ3n) is 3.57. The van der Waals surface area contributed by atoms with Crippen LogP contribution in [-0.2, 0) is 11.0 Å². The van der Waals surface area contributed by atoms with Gasteiger partial charge in [-0.15, -0.1) is 11.8 Å². The molecule has 2 nitrogen and oxygen atoms in total. The van der Waals surface area contributed by atoms with E-state index in [0.29, 0.717) is 15.6 Å². The Kier molecular flexibility index (Phi) is 4.73. The van der Waals surface area contributed by atoms with Gasteiger partial charge in [0.2, 0.25) is 5.91 Å². The molecule has 1 fully saturated rings. The number of halogens is 5. The van der Waals surface area contributed by atoms with Gasteiger partial charge in [0.15, 0.2) is 0 Å². The number of amides is 1. The number of hydrogen-bond acceptors (Lipinski definition) is 2. The summed E-state index contributed by atoms with van der Waals surface area (Å²) in [7, 11) is 0. The monoisotopic (exact) mass is 391 g/mol. The van der Waals surface area contributed by atoms with Crippen LogP contribution in [0.2, 0.25) is 10.0 Å². The molecule has 0 saturated carbocycles. The van der Waals surface area contributed by atoms with Crippen molar-refractivity contribution in [3.05, 3.63) is 63.6 Å². The van der Waals surface area contributed by atoms with Crippen LogP contribution in [0.15, 0.2) is 42.5 Å². The van der Waals surface area contributed by atoms with Crippen molar-refractivity contribution in [3.63, 3.8) is 0 Å². The first-order valence-electron chi connectivity index (χ1n) is 6.84. The molecule has 0 aromatic heterocycles. The lowest BCUT2D eigenvalue weighted by molar-refractivity contribution is -0.137. The number of anilines is 1. The Morgan fingerprint density at radius 1 is 1.08 bits per heavy atom. The minimum Gasteiger partial charge on any atom is -0.295 e. The molecule has 2 aromatic rings. The predicted octanol–water partition coefficient (Wildman–Crippen LogP) is 5.79. The summed E-state index contributed by atoms with van der Waals surface area (Å²) in [4.78, 5) is 13.6. The van der Waals surface area contributed by atoms with Gasteiger partial charge in [0.25, 0.3) is 0 Å². The number of hydrogen-bond donors (Lipinski definition) is 0. The molecular weight excluding hydrogens is 382 g/mol. The van der Waals surface area contributed by atoms with Crippen molar-refractivity contribution in [2.45, 2.75) is 11.6 Å². The minimum absolute atomic E-state index is 0.141. The fourth-order valence-electron chi connectivity index (χ4n) is 2.50. The largest absolute Gasteiger partial charge is 0.416 e. The van der Waals surface area contributed by atoms with Crippen LogP contribution in [0.1, 0.15) is 16.5 Å². The zero-order valence-corrected chi connectivity index (χ0v) is 14.3. The molecule has 0 spiro atoms. The molecule has 8 heteroatoms. The lowest BCUT2D eigenvalue weighted by Crippen LogP contribution is -2.28. The maximum Gasteiger partial charge on any atom is 0.416 e. The first kappa shape index (κ1) is 17.5. The Morgan fingerprint density at radius 2 is 1.71 bits per heavy atom. The average Bonchev–Trinajstić information content (AvgIpc) is 2.88. The maximum absolute atomic E-state index is 12.9. The van der Waals surface area contributed by atoms with Crippen LogP contribution in [-0.4, -0.2) is 11.7 Å². The van der Waals surface area contributed by atoms with Crippen molar-refractivity contribution >= 4 is 46.6 Å². The standard InChI is InChI=1S/C16H10Cl2F3NOS/c17-11-5-2-6-12(18)14(11)15-22(13(23)8-24-15)10-4-1-3-9(7-10)16(19,20)21/h1-7,15H,8H2. The van der Waals surface area contributed by atoms with Crippen molar-refractivity contribution < 1.29 is 18.0 Å². The molecule has 1 aliphatic rings. The first-order valence-corrected chi connectivity index (χ1v) is 8.64. The van der Waals surface area contributed by atoms with Crippen molar-refractivity contribution in [1.29, 1.82) is 0 Å². The van der Waals surface area contributed by atoms with Crippen molar-refractivity contribution in [1.82, 2.24) is 0 Å². The highest BCUT2D eigenvalue weighted by Crippen LogP contribution is 2.47. The van der Waals surface area contributed by atoms with Crippen molar-refractivity contribution in [2.24, 2.45) is 0 Å². The lowest BCUT2D eigenvalue weighted by Gasteiger charge is -2.26. The summed E-state index contributed by atoms with van der Waals surface area (Å²) in [5.41, 5.74) is -0.122. The quantitative estimate of drug-likeness (QED) is 0.645. The highest BCUT2D eigenvalue weighted by atomic mass is 35.5. The van der Waals surface area contributed by atoms with E-state index in [2.05, 4.69) is 0 Å². The van der Waals surface area contributed by atoms with Gasteiger partial charge in [-0.25, -0.2) is 0 Å². The van der Waals surface area contributed by atoms with Crippen LogP contribution in [0.4, 0.5) is 18.9 Å². The molecular formula is C16H10Cl2F3NOS. The number of rotatable bonds is 2. The molecule has 0 aliphatic carbocycles. The van der Waals surface area contributed by atoms with Crippen LogP contribution in [0.3, 0.4) is 0 Å². The molecule has 3 rings (SSSR count). The van der Waals surface area contributed by atoms with Gasteiger partial charge in [-0.3, -0.25) is 9.69 Å². The normalized spacial score (nSPS) is 18.3. The van der Waals surface area contributed by atoms with Gasteiger partial charge in [0.05, 0.1) is 11.3 Å². The molecule has 2 aromatic carbocycles. The van der Waals surface area contributed by atoms with Gasteiger partial charge in [0.1, 0.15) is 5.37 Å². The summed E-state index contributed by atoms with van der Waals surface area (Å²) in [6, 6.07) is 9.61. The summed E-state index contributed by atoms with van der Waals surface area (Å²) in [6.07, 6.45) is -4.48. The molecule has 0 N–H and O–H groups in total. The second kappa shape index (κ2) is 6.50. The number of nitrogens with zero attached hydrogens (tertiary/aromatic N) is 1. The number of thioether (sulfide) groups is 1. The number of carbonyl (C=O) groups is 1. The number of alkyl halides is 3. The van der Waals surface area contributed by atoms with Crippen LogP contribution >= 0.6 is 35.0 Å². The van der Waals surface area contributed by atoms with Gasteiger partial charge in [-0.05, 0) is 30.3 Å². The van der Waals surface area contributed by atoms with E-state index in [4.69, 9.17) is 23.2 Å². The van der Waals surface area contributed by atoms with E-state index >= 15 is 0 Å². The Morgan fingerprint density at radius 3 is 2.33 bits per heavy atom. The van der Waals surface area contributed by atoms with Gasteiger partial charge in [-0.1, -0.05) is 35.3 Å². The first-order chi connectivity index (χ1) is 11.3. The smallest absolute Gasteiger partial charge is 0.295 e. The van der Waals surface area contributed by atoms with Crippen LogP contribution < -0.4 is 4.90 Å². The second-order valence-corrected chi connectivity index (χ2v) is 6.99. The third kappa shape index (κ3) is 3.23. The van der Waals surface area contributed by atoms with E-state index in [1.165, 1.54) is 28.8 Å². The van der Waals surface area contributed by atoms with E-state index in [0.717, 1.165) is 12.1 Å². The van der Waals surface area contributed by atoms with Crippen LogP contribution in [0.25, 0.3) is 0 Å². The highest BCUT2D eigenvalue weighted by molar-refractivity contribution is 8.00. The fourth-order valence-corrected chi connectivity index (χ4v) is 4.48. The zero-order chi connectivity index (χ0) is 17.5. The summed E-state index contributed by atoms with van der Waals surface area (Å²) in [6.45, 7) is 0. The molecule has 1 unspecified atom stereocenters. The van der Waals surface area contributed by atoms with Gasteiger partial charge >= 0.3 is 6.18 Å². The summed E-state index contributed by atoms with van der Waals surface area (Å²) < 4.78 is 38.8. The topological polar surface area (TPSA) is 20.3 Å². The molecule has 1 heterocycles. The Bertz CT molecular complexity index is 777. The van der Waals surface area contributed by atoms with Gasteiger partial charge in [0, 0.05) is 21.3 Å². The van der Waals surface area contributed by atoms with Crippen molar-refractivity contribution in [3.8, 4) is 0 Å². The van der Waals surface area contributed by atoms with Crippen LogP contribution in [0.5, 0.6) is 0 Å². The predicted molar refractivity (Wildman–Crippen MR) is 90.6 cm³/mol. The Balaban J connectivity index is 2.07.